The number of nitrogens with zero attached hydrogens (tertiary/aromatic N) is 3. The molecular weight excluding hydrogens is 410 g/mol. The Balaban J connectivity index is 2.09. The van der Waals surface area contributed by atoms with Crippen LogP contribution in [0.15, 0.2) is 41.5 Å². The minimum Gasteiger partial charge on any atom is -0.250 e. The molecule has 0 aliphatic carbocycles. The van der Waals surface area contributed by atoms with Gasteiger partial charge in [-0.05, 0) is 42.5 Å². The summed E-state index contributed by atoms with van der Waals surface area (Å²) in [5.74, 6) is 0.445. The maximum atomic E-state index is 6.23. The third-order valence-corrected chi connectivity index (χ3v) is 4.60. The molecule has 0 atom stereocenters. The highest BCUT2D eigenvalue weighted by Crippen LogP contribution is 2.29. The van der Waals surface area contributed by atoms with E-state index in [-0.39, 0.29) is 0 Å². The maximum Gasteiger partial charge on any atom is 0.216 e. The van der Waals surface area contributed by atoms with Gasteiger partial charge in [0, 0.05) is 16.1 Å². The zero-order valence-electron chi connectivity index (χ0n) is 11.8. The Bertz CT molecular complexity index is 973. The average molecular weight is 418 g/mol. The average Bonchev–Trinajstić information content (AvgIpc) is 2.88. The van der Waals surface area contributed by atoms with Crippen molar-refractivity contribution in [3.8, 4) is 11.4 Å². The van der Waals surface area contributed by atoms with Gasteiger partial charge < -0.3 is 0 Å². The summed E-state index contributed by atoms with van der Waals surface area (Å²) in [5.41, 5.74) is 1.22. The van der Waals surface area contributed by atoms with E-state index in [2.05, 4.69) is 15.3 Å². The Labute approximate surface area is 162 Å². The number of halogens is 4. The summed E-state index contributed by atoms with van der Waals surface area (Å²) in [5, 5.41) is 13.1. The number of rotatable bonds is 3. The largest absolute Gasteiger partial charge is 0.250 e. The minimum absolute atomic E-state index is 0.301. The molecule has 0 fully saturated rings. The standard InChI is InChI=1S/C15H8Cl4N4S/c16-8-4-5-9(13(19)6-8)14-21-22-15(24)23(14)20-7-10-11(17)2-1-3-12(10)18/h1-7H,(H,22,24)/b20-7-. The summed E-state index contributed by atoms with van der Waals surface area (Å²) in [6.45, 7) is 0. The Kier molecular flexibility index (Phi) is 5.27. The maximum absolute atomic E-state index is 6.23. The Morgan fingerprint density at radius 3 is 2.42 bits per heavy atom. The first-order valence-corrected chi connectivity index (χ1v) is 8.50. The van der Waals surface area contributed by atoms with Gasteiger partial charge in [0.25, 0.3) is 0 Å². The second-order valence-corrected chi connectivity index (χ2v) is 6.71. The molecule has 0 unspecified atom stereocenters. The number of hydrogen-bond donors (Lipinski definition) is 1. The van der Waals surface area contributed by atoms with Crippen molar-refractivity contribution in [1.82, 2.24) is 14.9 Å². The second kappa shape index (κ2) is 7.25. The van der Waals surface area contributed by atoms with Crippen molar-refractivity contribution in [3.63, 3.8) is 0 Å². The van der Waals surface area contributed by atoms with E-state index in [4.69, 9.17) is 58.6 Å². The molecule has 0 saturated heterocycles. The van der Waals surface area contributed by atoms with E-state index in [1.165, 1.54) is 10.9 Å². The summed E-state index contributed by atoms with van der Waals surface area (Å²) in [7, 11) is 0. The highest BCUT2D eigenvalue weighted by Gasteiger charge is 2.12. The van der Waals surface area contributed by atoms with Crippen LogP contribution in [0.2, 0.25) is 20.1 Å². The van der Waals surface area contributed by atoms with Crippen molar-refractivity contribution in [3.05, 3.63) is 66.8 Å². The molecule has 0 amide bonds. The van der Waals surface area contributed by atoms with Gasteiger partial charge in [-0.25, -0.2) is 5.10 Å². The van der Waals surface area contributed by atoms with Crippen molar-refractivity contribution >= 4 is 64.8 Å². The summed E-state index contributed by atoms with van der Waals surface area (Å²) >= 11 is 29.7. The van der Waals surface area contributed by atoms with Crippen LogP contribution in [0.25, 0.3) is 11.4 Å². The fourth-order valence-corrected chi connectivity index (χ4v) is 3.16. The van der Waals surface area contributed by atoms with Gasteiger partial charge in [0.15, 0.2) is 5.82 Å². The molecule has 122 valence electrons. The van der Waals surface area contributed by atoms with Crippen molar-refractivity contribution in [2.24, 2.45) is 5.10 Å². The van der Waals surface area contributed by atoms with Gasteiger partial charge in [-0.3, -0.25) is 0 Å². The molecule has 0 saturated carbocycles. The first-order chi connectivity index (χ1) is 11.5. The molecule has 0 radical (unpaired) electrons. The molecule has 1 N–H and O–H groups in total. The zero-order valence-corrected chi connectivity index (χ0v) is 15.6. The lowest BCUT2D eigenvalue weighted by molar-refractivity contribution is 0.871. The Morgan fingerprint density at radius 1 is 1.04 bits per heavy atom. The van der Waals surface area contributed by atoms with E-state index >= 15 is 0 Å². The van der Waals surface area contributed by atoms with Crippen molar-refractivity contribution in [2.45, 2.75) is 0 Å². The van der Waals surface area contributed by atoms with Gasteiger partial charge in [-0.15, -0.1) is 0 Å². The number of aromatic amines is 1. The summed E-state index contributed by atoms with van der Waals surface area (Å²) < 4.78 is 1.74. The number of H-pyrrole nitrogens is 1. The molecule has 24 heavy (non-hydrogen) atoms. The van der Waals surface area contributed by atoms with E-state index in [1.807, 2.05) is 0 Å². The van der Waals surface area contributed by atoms with Crippen LogP contribution in [-0.4, -0.2) is 21.1 Å². The molecule has 2 aromatic carbocycles. The molecule has 0 aliphatic rings. The predicted molar refractivity (Wildman–Crippen MR) is 102 cm³/mol. The van der Waals surface area contributed by atoms with Crippen molar-refractivity contribution in [1.29, 1.82) is 0 Å². The van der Waals surface area contributed by atoms with Crippen molar-refractivity contribution in [2.75, 3.05) is 0 Å². The van der Waals surface area contributed by atoms with Crippen LogP contribution in [0.4, 0.5) is 0 Å². The molecule has 1 aromatic heterocycles. The lowest BCUT2D eigenvalue weighted by atomic mass is 10.2. The number of aromatic nitrogens is 3. The highest BCUT2D eigenvalue weighted by atomic mass is 35.5. The van der Waals surface area contributed by atoms with E-state index in [9.17, 15) is 0 Å². The Morgan fingerprint density at radius 2 is 1.75 bits per heavy atom. The second-order valence-electron chi connectivity index (χ2n) is 4.67. The fraction of sp³-hybridized carbons (Fsp3) is 0. The predicted octanol–water partition coefficient (Wildman–Crippen LogP) is 6.10. The molecule has 9 heteroatoms. The molecule has 3 aromatic rings. The molecule has 0 aliphatic heterocycles. The first-order valence-electron chi connectivity index (χ1n) is 6.58. The minimum atomic E-state index is 0.301. The number of benzene rings is 2. The van der Waals surface area contributed by atoms with Crippen LogP contribution in [-0.2, 0) is 0 Å². The van der Waals surface area contributed by atoms with Gasteiger partial charge in [-0.1, -0.05) is 52.5 Å². The van der Waals surface area contributed by atoms with Gasteiger partial charge in [0.05, 0.1) is 21.3 Å². The fourth-order valence-electron chi connectivity index (χ4n) is 1.99. The van der Waals surface area contributed by atoms with Gasteiger partial charge in [0.1, 0.15) is 0 Å². The number of nitrogens with one attached hydrogen (secondary N) is 1. The van der Waals surface area contributed by atoms with E-state index in [0.29, 0.717) is 41.8 Å². The zero-order chi connectivity index (χ0) is 17.3. The summed E-state index contributed by atoms with van der Waals surface area (Å²) in [6.07, 6.45) is 1.52. The van der Waals surface area contributed by atoms with Gasteiger partial charge in [0.2, 0.25) is 4.77 Å². The first kappa shape index (κ1) is 17.5. The Hall–Kier alpha value is -1.37. The normalized spacial score (nSPS) is 11.3. The third-order valence-electron chi connectivity index (χ3n) is 3.12. The lowest BCUT2D eigenvalue weighted by Crippen LogP contribution is -1.96. The summed E-state index contributed by atoms with van der Waals surface area (Å²) in [4.78, 5) is 0. The van der Waals surface area contributed by atoms with Crippen LogP contribution < -0.4 is 0 Å². The van der Waals surface area contributed by atoms with Crippen LogP contribution in [0.3, 0.4) is 0 Å². The molecular formula is C15H8Cl4N4S. The molecule has 4 nitrogen and oxygen atoms in total. The van der Waals surface area contributed by atoms with E-state index in [0.717, 1.165) is 0 Å². The lowest BCUT2D eigenvalue weighted by Gasteiger charge is -2.05. The molecule has 0 spiro atoms. The quantitative estimate of drug-likeness (QED) is 0.413. The van der Waals surface area contributed by atoms with E-state index in [1.54, 1.807) is 36.4 Å². The third kappa shape index (κ3) is 3.50. The number of hydrogen-bond acceptors (Lipinski definition) is 3. The van der Waals surface area contributed by atoms with Crippen LogP contribution in [0.1, 0.15) is 5.56 Å². The van der Waals surface area contributed by atoms with Crippen molar-refractivity contribution < 1.29 is 0 Å². The topological polar surface area (TPSA) is 46.0 Å². The van der Waals surface area contributed by atoms with Crippen LogP contribution in [0.5, 0.6) is 0 Å². The molecule has 0 bridgehead atoms. The van der Waals surface area contributed by atoms with Crippen LogP contribution >= 0.6 is 58.6 Å². The van der Waals surface area contributed by atoms with Crippen LogP contribution in [0, 0.1) is 4.77 Å². The highest BCUT2D eigenvalue weighted by molar-refractivity contribution is 7.71. The monoisotopic (exact) mass is 416 g/mol. The smallest absolute Gasteiger partial charge is 0.216 e. The summed E-state index contributed by atoms with van der Waals surface area (Å²) in [6, 6.07) is 10.3. The molecule has 1 heterocycles. The van der Waals surface area contributed by atoms with Gasteiger partial charge >= 0.3 is 0 Å². The molecule has 3 rings (SSSR count). The SMILES string of the molecule is S=c1[nH]nc(-c2ccc(Cl)cc2Cl)n1/N=C\c1c(Cl)cccc1Cl. The van der Waals surface area contributed by atoms with E-state index < -0.39 is 0 Å². The van der Waals surface area contributed by atoms with Gasteiger partial charge in [-0.2, -0.15) is 14.9 Å².